The highest BCUT2D eigenvalue weighted by molar-refractivity contribution is 9.10. The number of nitrogens with zero attached hydrogens (tertiary/aromatic N) is 2. The van der Waals surface area contributed by atoms with Gasteiger partial charge >= 0.3 is 0 Å². The van der Waals surface area contributed by atoms with E-state index in [1.54, 1.807) is 24.4 Å². The van der Waals surface area contributed by atoms with Gasteiger partial charge in [0.25, 0.3) is 0 Å². The molecule has 6 heteroatoms. The van der Waals surface area contributed by atoms with Crippen molar-refractivity contribution in [1.82, 2.24) is 9.97 Å². The summed E-state index contributed by atoms with van der Waals surface area (Å²) in [5, 5.41) is 10.7. The molecule has 5 nitrogen and oxygen atoms in total. The van der Waals surface area contributed by atoms with Crippen LogP contribution >= 0.6 is 15.9 Å². The van der Waals surface area contributed by atoms with E-state index in [-0.39, 0.29) is 11.7 Å². The third kappa shape index (κ3) is 4.38. The molecule has 0 amide bonds. The number of ether oxygens (including phenoxy) is 1. The van der Waals surface area contributed by atoms with Gasteiger partial charge in [0.1, 0.15) is 18.1 Å². The van der Waals surface area contributed by atoms with E-state index in [1.165, 1.54) is 0 Å². The maximum atomic E-state index is 10.7. The molecule has 3 aromatic carbocycles. The Labute approximate surface area is 177 Å². The largest absolute Gasteiger partial charge is 0.507 e. The fraction of sp³-hybridized carbons (Fsp3) is 0.0435. The third-order valence-electron chi connectivity index (χ3n) is 4.44. The highest BCUT2D eigenvalue weighted by Gasteiger charge is 2.15. The summed E-state index contributed by atoms with van der Waals surface area (Å²) in [7, 11) is 0. The zero-order valence-corrected chi connectivity index (χ0v) is 17.0. The van der Waals surface area contributed by atoms with Crippen molar-refractivity contribution in [2.45, 2.75) is 6.61 Å². The van der Waals surface area contributed by atoms with Crippen molar-refractivity contribution in [2.75, 3.05) is 5.73 Å². The van der Waals surface area contributed by atoms with E-state index < -0.39 is 0 Å². The van der Waals surface area contributed by atoms with Crippen molar-refractivity contribution in [3.05, 3.63) is 89.0 Å². The van der Waals surface area contributed by atoms with Crippen LogP contribution in [0.4, 0.5) is 5.95 Å². The van der Waals surface area contributed by atoms with Crippen molar-refractivity contribution in [2.24, 2.45) is 0 Å². The van der Waals surface area contributed by atoms with Gasteiger partial charge in [-0.25, -0.2) is 9.97 Å². The number of hydrogen-bond acceptors (Lipinski definition) is 5. The number of phenols is 1. The molecule has 0 aliphatic rings. The predicted octanol–water partition coefficient (Wildman–Crippen LogP) is 5.44. The van der Waals surface area contributed by atoms with Crippen LogP contribution in [-0.2, 0) is 6.61 Å². The van der Waals surface area contributed by atoms with E-state index in [2.05, 4.69) is 25.9 Å². The Kier molecular flexibility index (Phi) is 5.44. The number of phenolic OH excluding ortho intramolecular Hbond substituents is 1. The standard InChI is InChI=1S/C23H18BrN3O2/c24-17-8-6-15(7-9-17)14-29-18-10-11-19(21(28)12-18)22-20(13-26-23(25)27-22)16-4-2-1-3-5-16/h1-13,28H,14H2,(H2,25,26,27). The Morgan fingerprint density at radius 3 is 2.41 bits per heavy atom. The van der Waals surface area contributed by atoms with E-state index in [1.807, 2.05) is 54.6 Å². The number of aromatic nitrogens is 2. The first-order chi connectivity index (χ1) is 14.1. The molecule has 0 saturated carbocycles. The number of hydrogen-bond donors (Lipinski definition) is 2. The molecule has 0 saturated heterocycles. The van der Waals surface area contributed by atoms with Crippen LogP contribution in [-0.4, -0.2) is 15.1 Å². The smallest absolute Gasteiger partial charge is 0.220 e. The minimum absolute atomic E-state index is 0.0635. The monoisotopic (exact) mass is 447 g/mol. The lowest BCUT2D eigenvalue weighted by Gasteiger charge is -2.12. The van der Waals surface area contributed by atoms with Crippen molar-refractivity contribution in [1.29, 1.82) is 0 Å². The molecular weight excluding hydrogens is 430 g/mol. The molecule has 0 unspecified atom stereocenters. The highest BCUT2D eigenvalue weighted by atomic mass is 79.9. The molecule has 0 spiro atoms. The summed E-state index contributed by atoms with van der Waals surface area (Å²) < 4.78 is 6.82. The van der Waals surface area contributed by atoms with Crippen LogP contribution in [0, 0.1) is 0 Å². The first kappa shape index (κ1) is 19.0. The van der Waals surface area contributed by atoms with Crippen molar-refractivity contribution < 1.29 is 9.84 Å². The number of nitrogen functional groups attached to an aromatic ring is 1. The maximum absolute atomic E-state index is 10.7. The van der Waals surface area contributed by atoms with Gasteiger partial charge in [-0.3, -0.25) is 0 Å². The molecule has 1 aromatic heterocycles. The molecule has 0 aliphatic carbocycles. The zero-order valence-electron chi connectivity index (χ0n) is 15.4. The fourth-order valence-electron chi connectivity index (χ4n) is 2.98. The Hall–Kier alpha value is -3.38. The molecule has 144 valence electrons. The summed E-state index contributed by atoms with van der Waals surface area (Å²) in [5.74, 6) is 0.778. The number of halogens is 1. The van der Waals surface area contributed by atoms with Gasteiger partial charge in [-0.15, -0.1) is 0 Å². The summed E-state index contributed by atoms with van der Waals surface area (Å²) in [6, 6.07) is 22.8. The quantitative estimate of drug-likeness (QED) is 0.425. The minimum Gasteiger partial charge on any atom is -0.507 e. The predicted molar refractivity (Wildman–Crippen MR) is 117 cm³/mol. The first-order valence-corrected chi connectivity index (χ1v) is 9.78. The normalized spacial score (nSPS) is 10.7. The summed E-state index contributed by atoms with van der Waals surface area (Å²) >= 11 is 3.42. The van der Waals surface area contributed by atoms with Crippen LogP contribution in [0.3, 0.4) is 0 Å². The summed E-state index contributed by atoms with van der Waals surface area (Å²) in [6.45, 7) is 0.405. The maximum Gasteiger partial charge on any atom is 0.220 e. The van der Waals surface area contributed by atoms with Crippen LogP contribution in [0.5, 0.6) is 11.5 Å². The molecule has 1 heterocycles. The van der Waals surface area contributed by atoms with Gasteiger partial charge in [-0.2, -0.15) is 0 Å². The van der Waals surface area contributed by atoms with E-state index >= 15 is 0 Å². The number of nitrogens with two attached hydrogens (primary N) is 1. The second-order valence-electron chi connectivity index (χ2n) is 6.45. The summed E-state index contributed by atoms with van der Waals surface area (Å²) in [5.41, 5.74) is 9.71. The van der Waals surface area contributed by atoms with E-state index in [9.17, 15) is 5.11 Å². The average molecular weight is 448 g/mol. The van der Waals surface area contributed by atoms with Gasteiger partial charge in [-0.05, 0) is 35.4 Å². The highest BCUT2D eigenvalue weighted by Crippen LogP contribution is 2.37. The molecular formula is C23H18BrN3O2. The third-order valence-corrected chi connectivity index (χ3v) is 4.96. The van der Waals surface area contributed by atoms with E-state index in [4.69, 9.17) is 10.5 Å². The summed E-state index contributed by atoms with van der Waals surface area (Å²) in [6.07, 6.45) is 1.67. The van der Waals surface area contributed by atoms with Crippen LogP contribution in [0.1, 0.15) is 5.56 Å². The van der Waals surface area contributed by atoms with E-state index in [0.717, 1.165) is 21.2 Å². The number of rotatable bonds is 5. The Balaban J connectivity index is 1.63. The van der Waals surface area contributed by atoms with Gasteiger partial charge in [-0.1, -0.05) is 58.4 Å². The van der Waals surface area contributed by atoms with Gasteiger partial charge in [0.15, 0.2) is 0 Å². The van der Waals surface area contributed by atoms with Crippen LogP contribution in [0.15, 0.2) is 83.5 Å². The second-order valence-corrected chi connectivity index (χ2v) is 7.37. The van der Waals surface area contributed by atoms with Crippen molar-refractivity contribution in [3.8, 4) is 33.9 Å². The first-order valence-electron chi connectivity index (χ1n) is 8.99. The lowest BCUT2D eigenvalue weighted by Crippen LogP contribution is -1.99. The topological polar surface area (TPSA) is 81.3 Å². The Morgan fingerprint density at radius 1 is 0.931 bits per heavy atom. The molecule has 0 bridgehead atoms. The zero-order chi connectivity index (χ0) is 20.2. The Bertz CT molecular complexity index is 1130. The van der Waals surface area contributed by atoms with Gasteiger partial charge in [0, 0.05) is 27.9 Å². The Morgan fingerprint density at radius 2 is 1.69 bits per heavy atom. The lowest BCUT2D eigenvalue weighted by molar-refractivity contribution is 0.304. The number of anilines is 1. The summed E-state index contributed by atoms with van der Waals surface area (Å²) in [4.78, 5) is 8.49. The van der Waals surface area contributed by atoms with Gasteiger partial charge < -0.3 is 15.6 Å². The SMILES string of the molecule is Nc1ncc(-c2ccccc2)c(-c2ccc(OCc3ccc(Br)cc3)cc2O)n1. The molecule has 4 rings (SSSR count). The van der Waals surface area contributed by atoms with Gasteiger partial charge in [0.2, 0.25) is 5.95 Å². The molecule has 0 atom stereocenters. The molecule has 29 heavy (non-hydrogen) atoms. The van der Waals surface area contributed by atoms with E-state index in [0.29, 0.717) is 23.6 Å². The van der Waals surface area contributed by atoms with Gasteiger partial charge in [0.05, 0.1) is 5.69 Å². The second kappa shape index (κ2) is 8.32. The lowest BCUT2D eigenvalue weighted by atomic mass is 10.00. The number of benzene rings is 3. The van der Waals surface area contributed by atoms with Crippen LogP contribution in [0.2, 0.25) is 0 Å². The van der Waals surface area contributed by atoms with Crippen molar-refractivity contribution in [3.63, 3.8) is 0 Å². The molecule has 4 aromatic rings. The molecule has 3 N–H and O–H groups in total. The molecule has 0 aliphatic heterocycles. The number of aromatic hydroxyl groups is 1. The van der Waals surface area contributed by atoms with Crippen LogP contribution in [0.25, 0.3) is 22.4 Å². The van der Waals surface area contributed by atoms with Crippen molar-refractivity contribution >= 4 is 21.9 Å². The minimum atomic E-state index is 0.0635. The fourth-order valence-corrected chi connectivity index (χ4v) is 3.24. The molecule has 0 radical (unpaired) electrons. The molecule has 0 fully saturated rings. The van der Waals surface area contributed by atoms with Crippen LogP contribution < -0.4 is 10.5 Å². The average Bonchev–Trinajstić information content (AvgIpc) is 2.74.